The third-order valence-electron chi connectivity index (χ3n) is 5.04. The Labute approximate surface area is 191 Å². The summed E-state index contributed by atoms with van der Waals surface area (Å²) in [5.74, 6) is 0.526. The summed E-state index contributed by atoms with van der Waals surface area (Å²) in [5.41, 5.74) is 7.34. The molecule has 0 aliphatic rings. The molecule has 32 heavy (non-hydrogen) atoms. The molecule has 0 aromatic heterocycles. The number of rotatable bonds is 10. The lowest BCUT2D eigenvalue weighted by Crippen LogP contribution is -2.06. The van der Waals surface area contributed by atoms with Gasteiger partial charge in [0, 0.05) is 5.57 Å². The zero-order chi connectivity index (χ0) is 22.9. The van der Waals surface area contributed by atoms with Crippen molar-refractivity contribution in [1.29, 1.82) is 0 Å². The van der Waals surface area contributed by atoms with E-state index in [-0.39, 0.29) is 5.97 Å². The maximum absolute atomic E-state index is 11.4. The van der Waals surface area contributed by atoms with Gasteiger partial charge >= 0.3 is 5.97 Å². The Morgan fingerprint density at radius 1 is 0.750 bits per heavy atom. The smallest absolute Gasteiger partial charge is 0.333 e. The molecule has 0 N–H and O–H groups in total. The predicted molar refractivity (Wildman–Crippen MR) is 132 cm³/mol. The van der Waals surface area contributed by atoms with Gasteiger partial charge < -0.3 is 9.47 Å². The van der Waals surface area contributed by atoms with Gasteiger partial charge in [-0.15, -0.1) is 0 Å². The van der Waals surface area contributed by atoms with Crippen molar-refractivity contribution < 1.29 is 14.3 Å². The number of carbonyl (C=O) groups is 1. The molecule has 3 aromatic carbocycles. The first kappa shape index (κ1) is 23.1. The Morgan fingerprint density at radius 2 is 1.22 bits per heavy atom. The first-order chi connectivity index (χ1) is 15.4. The third kappa shape index (κ3) is 6.71. The number of aryl methyl sites for hydroxylation is 1. The van der Waals surface area contributed by atoms with Crippen molar-refractivity contribution in [2.75, 3.05) is 13.2 Å². The Hall–Kier alpha value is -3.59. The topological polar surface area (TPSA) is 35.5 Å². The third-order valence-corrected chi connectivity index (χ3v) is 5.04. The Morgan fingerprint density at radius 3 is 1.69 bits per heavy atom. The fourth-order valence-electron chi connectivity index (χ4n) is 3.23. The van der Waals surface area contributed by atoms with Gasteiger partial charge in [0.25, 0.3) is 0 Å². The van der Waals surface area contributed by atoms with Crippen LogP contribution >= 0.6 is 0 Å². The van der Waals surface area contributed by atoms with Gasteiger partial charge in [-0.3, -0.25) is 0 Å². The second kappa shape index (κ2) is 11.1. The molecule has 0 heterocycles. The Kier molecular flexibility index (Phi) is 8.04. The summed E-state index contributed by atoms with van der Waals surface area (Å²) in [4.78, 5) is 11.4. The highest BCUT2D eigenvalue weighted by Crippen LogP contribution is 2.27. The molecule has 0 aliphatic carbocycles. The maximum Gasteiger partial charge on any atom is 0.333 e. The van der Waals surface area contributed by atoms with Crippen LogP contribution in [0.1, 0.15) is 25.8 Å². The molecule has 3 rings (SSSR count). The molecule has 0 bridgehead atoms. The summed E-state index contributed by atoms with van der Waals surface area (Å²) in [6, 6.07) is 25.2. The van der Waals surface area contributed by atoms with Crippen LogP contribution in [-0.4, -0.2) is 19.2 Å². The van der Waals surface area contributed by atoms with Crippen molar-refractivity contribution in [3.63, 3.8) is 0 Å². The fourth-order valence-corrected chi connectivity index (χ4v) is 3.23. The van der Waals surface area contributed by atoms with E-state index < -0.39 is 0 Å². The molecule has 0 spiro atoms. The van der Waals surface area contributed by atoms with E-state index >= 15 is 0 Å². The van der Waals surface area contributed by atoms with E-state index in [0.29, 0.717) is 18.8 Å². The van der Waals surface area contributed by atoms with Gasteiger partial charge in [-0.25, -0.2) is 4.79 Å². The average Bonchev–Trinajstić information content (AvgIpc) is 2.81. The van der Waals surface area contributed by atoms with E-state index in [9.17, 15) is 4.79 Å². The predicted octanol–water partition coefficient (Wildman–Crippen LogP) is 7.03. The lowest BCUT2D eigenvalue weighted by atomic mass is 9.99. The van der Waals surface area contributed by atoms with Crippen LogP contribution in [0.4, 0.5) is 0 Å². The van der Waals surface area contributed by atoms with Crippen LogP contribution in [0.15, 0.2) is 97.1 Å². The number of carbonyl (C=O) groups excluding carboxylic acids is 1. The molecule has 3 nitrogen and oxygen atoms in total. The largest absolute Gasteiger partial charge is 0.489 e. The van der Waals surface area contributed by atoms with Crippen LogP contribution < -0.4 is 4.74 Å². The number of ether oxygens (including phenoxy) is 2. The molecule has 0 fully saturated rings. The first-order valence-corrected chi connectivity index (χ1v) is 10.8. The van der Waals surface area contributed by atoms with Crippen molar-refractivity contribution in [2.45, 2.75) is 26.7 Å². The molecule has 0 saturated carbocycles. The number of hydrogen-bond acceptors (Lipinski definition) is 3. The summed E-state index contributed by atoms with van der Waals surface area (Å²) >= 11 is 0. The van der Waals surface area contributed by atoms with Crippen LogP contribution in [0.5, 0.6) is 5.75 Å². The van der Waals surface area contributed by atoms with Crippen LogP contribution in [0.3, 0.4) is 0 Å². The van der Waals surface area contributed by atoms with E-state index in [2.05, 4.69) is 73.8 Å². The van der Waals surface area contributed by atoms with Gasteiger partial charge in [0.2, 0.25) is 0 Å². The molecule has 0 saturated heterocycles. The zero-order valence-electron chi connectivity index (χ0n) is 18.9. The molecule has 0 radical (unpaired) electrons. The van der Waals surface area contributed by atoms with Gasteiger partial charge in [-0.05, 0) is 72.2 Å². The van der Waals surface area contributed by atoms with E-state index in [0.717, 1.165) is 29.7 Å². The molecule has 164 valence electrons. The molecule has 3 aromatic rings. The minimum Gasteiger partial charge on any atom is -0.489 e. The first-order valence-electron chi connectivity index (χ1n) is 10.8. The lowest BCUT2D eigenvalue weighted by Gasteiger charge is -2.09. The Balaban J connectivity index is 1.56. The number of benzene rings is 3. The summed E-state index contributed by atoms with van der Waals surface area (Å²) in [6.07, 6.45) is 1.67. The number of hydrogen-bond donors (Lipinski definition) is 0. The van der Waals surface area contributed by atoms with E-state index in [1.54, 1.807) is 6.92 Å². The highest BCUT2D eigenvalue weighted by molar-refractivity contribution is 5.86. The van der Waals surface area contributed by atoms with Crippen LogP contribution in [0, 0.1) is 0 Å². The Bertz CT molecular complexity index is 1060. The summed E-state index contributed by atoms with van der Waals surface area (Å²) in [6.45, 7) is 12.0. The highest BCUT2D eigenvalue weighted by Gasteiger charge is 2.04. The minimum atomic E-state index is -0.323. The summed E-state index contributed by atoms with van der Waals surface area (Å²) in [5, 5.41) is 0. The minimum absolute atomic E-state index is 0.323. The SMILES string of the molecule is C=C(C)COc1ccc(-c2ccc(-c3ccc(CCCOC(=O)C(=C)C)cc3)cc2)cc1. The fraction of sp³-hybridized carbons (Fsp3) is 0.207. The molecular weight excluding hydrogens is 396 g/mol. The molecule has 0 aliphatic heterocycles. The monoisotopic (exact) mass is 426 g/mol. The molecule has 3 heteroatoms. The molecule has 0 unspecified atom stereocenters. The van der Waals surface area contributed by atoms with Crippen molar-refractivity contribution >= 4 is 5.97 Å². The molecular formula is C29H30O3. The molecule has 0 atom stereocenters. The lowest BCUT2D eigenvalue weighted by molar-refractivity contribution is -0.139. The second-order valence-corrected chi connectivity index (χ2v) is 8.06. The molecule has 0 amide bonds. The maximum atomic E-state index is 11.4. The van der Waals surface area contributed by atoms with Gasteiger partial charge in [0.1, 0.15) is 12.4 Å². The van der Waals surface area contributed by atoms with E-state index in [1.165, 1.54) is 22.3 Å². The van der Waals surface area contributed by atoms with Crippen molar-refractivity contribution in [3.05, 3.63) is 103 Å². The van der Waals surface area contributed by atoms with E-state index in [4.69, 9.17) is 9.47 Å². The average molecular weight is 427 g/mol. The quantitative estimate of drug-likeness (QED) is 0.151. The highest BCUT2D eigenvalue weighted by atomic mass is 16.5. The van der Waals surface area contributed by atoms with Crippen molar-refractivity contribution in [1.82, 2.24) is 0 Å². The van der Waals surface area contributed by atoms with Gasteiger partial charge in [-0.1, -0.05) is 73.8 Å². The van der Waals surface area contributed by atoms with Crippen LogP contribution in [0.25, 0.3) is 22.3 Å². The van der Waals surface area contributed by atoms with E-state index in [1.807, 2.05) is 19.1 Å². The van der Waals surface area contributed by atoms with Gasteiger partial charge in [-0.2, -0.15) is 0 Å². The van der Waals surface area contributed by atoms with Crippen LogP contribution in [-0.2, 0) is 16.0 Å². The van der Waals surface area contributed by atoms with Gasteiger partial charge in [0.05, 0.1) is 6.61 Å². The second-order valence-electron chi connectivity index (χ2n) is 8.06. The normalized spacial score (nSPS) is 10.4. The van der Waals surface area contributed by atoms with Crippen LogP contribution in [0.2, 0.25) is 0 Å². The van der Waals surface area contributed by atoms with Crippen molar-refractivity contribution in [2.24, 2.45) is 0 Å². The van der Waals surface area contributed by atoms with Gasteiger partial charge in [0.15, 0.2) is 0 Å². The summed E-state index contributed by atoms with van der Waals surface area (Å²) < 4.78 is 10.8. The summed E-state index contributed by atoms with van der Waals surface area (Å²) in [7, 11) is 0. The number of esters is 1. The zero-order valence-corrected chi connectivity index (χ0v) is 18.9. The standard InChI is InChI=1S/C29H30O3/c1-21(2)20-32-28-17-15-27(16-18-28)26-13-11-25(12-14-26)24-9-7-23(8-10-24)6-5-19-31-29(30)22(3)4/h7-18H,1,3,5-6,19-20H2,2,4H3. The van der Waals surface area contributed by atoms with Crippen molar-refractivity contribution in [3.8, 4) is 28.0 Å².